The van der Waals surface area contributed by atoms with Gasteiger partial charge in [-0.05, 0) is 49.1 Å². The maximum absolute atomic E-state index is 12.6. The molecule has 2 aromatic carbocycles. The zero-order chi connectivity index (χ0) is 18.8. The lowest BCUT2D eigenvalue weighted by Crippen LogP contribution is -2.21. The third-order valence-electron chi connectivity index (χ3n) is 4.07. The molecule has 25 heavy (non-hydrogen) atoms. The molecule has 0 heterocycles. The van der Waals surface area contributed by atoms with Crippen LogP contribution in [0.1, 0.15) is 50.5 Å². The van der Waals surface area contributed by atoms with Crippen LogP contribution in [-0.4, -0.2) is 19.6 Å². The highest BCUT2D eigenvalue weighted by molar-refractivity contribution is 7.92. The van der Waals surface area contributed by atoms with E-state index < -0.39 is 21.0 Å². The normalized spacial score (nSPS) is 12.2. The smallest absolute Gasteiger partial charge is 0.256 e. The van der Waals surface area contributed by atoms with Crippen molar-refractivity contribution >= 4 is 21.4 Å². The summed E-state index contributed by atoms with van der Waals surface area (Å²) in [6, 6.07) is 13.9. The first-order valence-corrected chi connectivity index (χ1v) is 9.83. The number of nitrogens with one attached hydrogen (secondary N) is 1. The van der Waals surface area contributed by atoms with Crippen molar-refractivity contribution < 1.29 is 13.2 Å². The summed E-state index contributed by atoms with van der Waals surface area (Å²) in [5.41, 5.74) is 1.99. The van der Waals surface area contributed by atoms with Gasteiger partial charge in [-0.3, -0.25) is 4.79 Å². The van der Waals surface area contributed by atoms with E-state index in [0.717, 1.165) is 5.56 Å². The number of anilines is 1. The number of carbonyl (C=O) groups is 1. The Bertz CT molecular complexity index is 861. The summed E-state index contributed by atoms with van der Waals surface area (Å²) in [6.07, 6.45) is 0. The molecule has 0 fully saturated rings. The molecule has 0 radical (unpaired) electrons. The SMILES string of the molecule is CC(C)S(=O)(=O)c1ccccc1C(=O)Nc1ccc(C(C)(C)C)cc1. The van der Waals surface area contributed by atoms with E-state index in [-0.39, 0.29) is 15.9 Å². The zero-order valence-corrected chi connectivity index (χ0v) is 16.1. The standard InChI is InChI=1S/C20H25NO3S/c1-14(2)25(23,24)18-9-7-6-8-17(18)19(22)21-16-12-10-15(11-13-16)20(3,4)5/h6-14H,1-5H3,(H,21,22). The van der Waals surface area contributed by atoms with Crippen LogP contribution in [-0.2, 0) is 15.3 Å². The molecule has 0 saturated heterocycles. The van der Waals surface area contributed by atoms with E-state index in [1.54, 1.807) is 26.0 Å². The van der Waals surface area contributed by atoms with E-state index in [9.17, 15) is 13.2 Å². The van der Waals surface area contributed by atoms with Gasteiger partial charge in [0.1, 0.15) is 0 Å². The highest BCUT2D eigenvalue weighted by Gasteiger charge is 2.25. The van der Waals surface area contributed by atoms with Gasteiger partial charge >= 0.3 is 0 Å². The first-order chi connectivity index (χ1) is 11.5. The topological polar surface area (TPSA) is 63.2 Å². The van der Waals surface area contributed by atoms with Crippen LogP contribution >= 0.6 is 0 Å². The Morgan fingerprint density at radius 1 is 0.960 bits per heavy atom. The van der Waals surface area contributed by atoms with Crippen LogP contribution in [0.2, 0.25) is 0 Å². The third kappa shape index (κ3) is 4.28. The van der Waals surface area contributed by atoms with Gasteiger partial charge in [0.15, 0.2) is 9.84 Å². The second-order valence-electron chi connectivity index (χ2n) is 7.37. The zero-order valence-electron chi connectivity index (χ0n) is 15.3. The summed E-state index contributed by atoms with van der Waals surface area (Å²) in [5.74, 6) is -0.427. The highest BCUT2D eigenvalue weighted by Crippen LogP contribution is 2.25. The quantitative estimate of drug-likeness (QED) is 0.879. The molecular formula is C20H25NO3S. The predicted octanol–water partition coefficient (Wildman–Crippen LogP) is 4.42. The first-order valence-electron chi connectivity index (χ1n) is 8.28. The van der Waals surface area contributed by atoms with Gasteiger partial charge in [0.05, 0.1) is 15.7 Å². The number of hydrogen-bond acceptors (Lipinski definition) is 3. The monoisotopic (exact) mass is 359 g/mol. The van der Waals surface area contributed by atoms with Crippen LogP contribution in [0.15, 0.2) is 53.4 Å². The van der Waals surface area contributed by atoms with Crippen LogP contribution in [0.5, 0.6) is 0 Å². The molecular weight excluding hydrogens is 334 g/mol. The molecule has 0 unspecified atom stereocenters. The minimum Gasteiger partial charge on any atom is -0.322 e. The van der Waals surface area contributed by atoms with E-state index >= 15 is 0 Å². The van der Waals surface area contributed by atoms with Crippen molar-refractivity contribution in [3.63, 3.8) is 0 Å². The Kier molecular flexibility index (Phi) is 5.37. The molecule has 134 valence electrons. The Morgan fingerprint density at radius 2 is 1.52 bits per heavy atom. The van der Waals surface area contributed by atoms with Gasteiger partial charge in [-0.25, -0.2) is 8.42 Å². The number of sulfone groups is 1. The van der Waals surface area contributed by atoms with Crippen molar-refractivity contribution in [2.45, 2.75) is 50.2 Å². The molecule has 5 heteroatoms. The lowest BCUT2D eigenvalue weighted by atomic mass is 9.87. The molecule has 1 N–H and O–H groups in total. The van der Waals surface area contributed by atoms with Crippen molar-refractivity contribution in [3.8, 4) is 0 Å². The summed E-state index contributed by atoms with van der Waals surface area (Å²) >= 11 is 0. The van der Waals surface area contributed by atoms with Crippen molar-refractivity contribution in [2.24, 2.45) is 0 Å². The molecule has 0 aromatic heterocycles. The van der Waals surface area contributed by atoms with Crippen LogP contribution < -0.4 is 5.32 Å². The van der Waals surface area contributed by atoms with Crippen molar-refractivity contribution in [3.05, 3.63) is 59.7 Å². The van der Waals surface area contributed by atoms with Crippen LogP contribution in [0.4, 0.5) is 5.69 Å². The fraction of sp³-hybridized carbons (Fsp3) is 0.350. The molecule has 4 nitrogen and oxygen atoms in total. The van der Waals surface area contributed by atoms with Crippen LogP contribution in [0, 0.1) is 0 Å². The highest BCUT2D eigenvalue weighted by atomic mass is 32.2. The maximum atomic E-state index is 12.6. The largest absolute Gasteiger partial charge is 0.322 e. The second-order valence-corrected chi connectivity index (χ2v) is 9.84. The fourth-order valence-corrected chi connectivity index (χ4v) is 3.65. The van der Waals surface area contributed by atoms with E-state index in [0.29, 0.717) is 5.69 Å². The van der Waals surface area contributed by atoms with Crippen molar-refractivity contribution in [1.82, 2.24) is 0 Å². The van der Waals surface area contributed by atoms with E-state index in [1.807, 2.05) is 24.3 Å². The van der Waals surface area contributed by atoms with Crippen LogP contribution in [0.25, 0.3) is 0 Å². The van der Waals surface area contributed by atoms with E-state index in [1.165, 1.54) is 12.1 Å². The fourth-order valence-electron chi connectivity index (χ4n) is 2.41. The third-order valence-corrected chi connectivity index (χ3v) is 6.28. The minimum atomic E-state index is -3.53. The molecule has 0 bridgehead atoms. The maximum Gasteiger partial charge on any atom is 0.256 e. The molecule has 0 aliphatic heterocycles. The number of hydrogen-bond donors (Lipinski definition) is 1. The summed E-state index contributed by atoms with van der Waals surface area (Å²) in [6.45, 7) is 9.57. The molecule has 1 amide bonds. The van der Waals surface area contributed by atoms with Gasteiger partial charge in [0, 0.05) is 5.69 Å². The molecule has 2 aromatic rings. The summed E-state index contributed by atoms with van der Waals surface area (Å²) in [4.78, 5) is 12.7. The average molecular weight is 359 g/mol. The number of amides is 1. The van der Waals surface area contributed by atoms with Gasteiger partial charge in [0.25, 0.3) is 5.91 Å². The Balaban J connectivity index is 2.31. The van der Waals surface area contributed by atoms with Gasteiger partial charge in [-0.2, -0.15) is 0 Å². The lowest BCUT2D eigenvalue weighted by Gasteiger charge is -2.19. The molecule has 0 saturated carbocycles. The Labute approximate surface area is 150 Å². The first kappa shape index (κ1) is 19.2. The summed E-state index contributed by atoms with van der Waals surface area (Å²) < 4.78 is 25.0. The van der Waals surface area contributed by atoms with Crippen molar-refractivity contribution in [2.75, 3.05) is 5.32 Å². The van der Waals surface area contributed by atoms with Gasteiger partial charge < -0.3 is 5.32 Å². The average Bonchev–Trinajstić information content (AvgIpc) is 2.54. The Morgan fingerprint density at radius 3 is 2.04 bits per heavy atom. The molecule has 2 rings (SSSR count). The lowest BCUT2D eigenvalue weighted by molar-refractivity contribution is 0.102. The molecule has 0 aliphatic carbocycles. The van der Waals surface area contributed by atoms with Crippen LogP contribution in [0.3, 0.4) is 0 Å². The summed E-state index contributed by atoms with van der Waals surface area (Å²) in [5, 5.41) is 2.19. The second kappa shape index (κ2) is 7.00. The molecule has 0 spiro atoms. The summed E-state index contributed by atoms with van der Waals surface area (Å²) in [7, 11) is -3.53. The van der Waals surface area contributed by atoms with Gasteiger partial charge in [-0.1, -0.05) is 45.0 Å². The number of carbonyl (C=O) groups excluding carboxylic acids is 1. The van der Waals surface area contributed by atoms with Crippen molar-refractivity contribution in [1.29, 1.82) is 0 Å². The number of benzene rings is 2. The number of rotatable bonds is 4. The van der Waals surface area contributed by atoms with Gasteiger partial charge in [0.2, 0.25) is 0 Å². The van der Waals surface area contributed by atoms with E-state index in [2.05, 4.69) is 26.1 Å². The predicted molar refractivity (Wildman–Crippen MR) is 102 cm³/mol. The minimum absolute atomic E-state index is 0.0283. The Hall–Kier alpha value is -2.14. The molecule has 0 atom stereocenters. The van der Waals surface area contributed by atoms with E-state index in [4.69, 9.17) is 0 Å². The molecule has 0 aliphatic rings. The van der Waals surface area contributed by atoms with Gasteiger partial charge in [-0.15, -0.1) is 0 Å².